The maximum absolute atomic E-state index is 12.2. The number of hydrogen-bond donors (Lipinski definition) is 2. The Morgan fingerprint density at radius 1 is 1.08 bits per heavy atom. The van der Waals surface area contributed by atoms with Gasteiger partial charge in [0.05, 0.1) is 19.4 Å². The monoisotopic (exact) mass is 341 g/mol. The standard InChI is InChI=1S/C19H23N3O3/c23-18(22-9-2-1-3-10-22)14-20-16-7-4-6-15(12-16)19(24)21-13-17-8-5-11-25-17/h4-8,11-12,20H,1-3,9-10,13-14H2,(H,21,24). The van der Waals surface area contributed by atoms with Crippen LogP contribution in [-0.4, -0.2) is 36.3 Å². The molecular formula is C19H23N3O3. The molecule has 0 unspecified atom stereocenters. The Morgan fingerprint density at radius 3 is 2.68 bits per heavy atom. The second kappa shape index (κ2) is 8.37. The van der Waals surface area contributed by atoms with E-state index in [1.54, 1.807) is 30.5 Å². The van der Waals surface area contributed by atoms with Crippen molar-refractivity contribution in [3.8, 4) is 0 Å². The highest BCUT2D eigenvalue weighted by Crippen LogP contribution is 2.12. The average molecular weight is 341 g/mol. The van der Waals surface area contributed by atoms with Crippen LogP contribution in [0.15, 0.2) is 47.1 Å². The molecule has 1 aliphatic rings. The Bertz CT molecular complexity index is 706. The van der Waals surface area contributed by atoms with E-state index < -0.39 is 0 Å². The summed E-state index contributed by atoms with van der Waals surface area (Å²) in [6.07, 6.45) is 4.94. The zero-order chi connectivity index (χ0) is 17.5. The molecule has 3 rings (SSSR count). The molecule has 1 aromatic carbocycles. The van der Waals surface area contributed by atoms with Crippen molar-refractivity contribution in [3.63, 3.8) is 0 Å². The van der Waals surface area contributed by atoms with Crippen LogP contribution in [0.5, 0.6) is 0 Å². The summed E-state index contributed by atoms with van der Waals surface area (Å²) in [5.41, 5.74) is 1.30. The van der Waals surface area contributed by atoms with Crippen LogP contribution in [0.25, 0.3) is 0 Å². The van der Waals surface area contributed by atoms with Crippen LogP contribution >= 0.6 is 0 Å². The number of anilines is 1. The van der Waals surface area contributed by atoms with Gasteiger partial charge in [0.25, 0.3) is 5.91 Å². The second-order valence-corrected chi connectivity index (χ2v) is 6.14. The first kappa shape index (κ1) is 17.1. The quantitative estimate of drug-likeness (QED) is 0.847. The zero-order valence-electron chi connectivity index (χ0n) is 14.2. The van der Waals surface area contributed by atoms with Gasteiger partial charge in [-0.25, -0.2) is 0 Å². The summed E-state index contributed by atoms with van der Waals surface area (Å²) < 4.78 is 5.20. The van der Waals surface area contributed by atoms with E-state index in [0.29, 0.717) is 17.9 Å². The SMILES string of the molecule is O=C(NCc1ccco1)c1cccc(NCC(=O)N2CCCCC2)c1. The summed E-state index contributed by atoms with van der Waals surface area (Å²) in [7, 11) is 0. The Labute approximate surface area is 147 Å². The molecule has 1 fully saturated rings. The van der Waals surface area contributed by atoms with E-state index in [0.717, 1.165) is 31.6 Å². The number of carbonyl (C=O) groups excluding carboxylic acids is 2. The number of hydrogen-bond acceptors (Lipinski definition) is 4. The lowest BCUT2D eigenvalue weighted by Gasteiger charge is -2.26. The third-order valence-corrected chi connectivity index (χ3v) is 4.28. The van der Waals surface area contributed by atoms with Gasteiger partial charge in [0, 0.05) is 24.3 Å². The largest absolute Gasteiger partial charge is 0.467 e. The summed E-state index contributed by atoms with van der Waals surface area (Å²) in [6.45, 7) is 2.28. The van der Waals surface area contributed by atoms with Gasteiger partial charge in [-0.15, -0.1) is 0 Å². The molecular weight excluding hydrogens is 318 g/mol. The lowest BCUT2D eigenvalue weighted by atomic mass is 10.1. The van der Waals surface area contributed by atoms with Gasteiger partial charge < -0.3 is 20.0 Å². The maximum Gasteiger partial charge on any atom is 0.251 e. The summed E-state index contributed by atoms with van der Waals surface area (Å²) in [5, 5.41) is 5.93. The van der Waals surface area contributed by atoms with E-state index >= 15 is 0 Å². The molecule has 6 heteroatoms. The summed E-state index contributed by atoms with van der Waals surface area (Å²) in [6, 6.07) is 10.7. The van der Waals surface area contributed by atoms with Crippen LogP contribution < -0.4 is 10.6 Å². The van der Waals surface area contributed by atoms with Gasteiger partial charge in [-0.05, 0) is 49.6 Å². The minimum atomic E-state index is -0.178. The summed E-state index contributed by atoms with van der Waals surface area (Å²) in [5.74, 6) is 0.629. The Balaban J connectivity index is 1.51. The van der Waals surface area contributed by atoms with Crippen molar-refractivity contribution in [2.75, 3.05) is 25.0 Å². The molecule has 132 valence electrons. The maximum atomic E-state index is 12.2. The molecule has 25 heavy (non-hydrogen) atoms. The lowest BCUT2D eigenvalue weighted by molar-refractivity contribution is -0.130. The van der Waals surface area contributed by atoms with E-state index in [2.05, 4.69) is 10.6 Å². The number of carbonyl (C=O) groups is 2. The molecule has 0 atom stereocenters. The highest BCUT2D eigenvalue weighted by Gasteiger charge is 2.16. The summed E-state index contributed by atoms with van der Waals surface area (Å²) in [4.78, 5) is 26.3. The lowest BCUT2D eigenvalue weighted by Crippen LogP contribution is -2.39. The van der Waals surface area contributed by atoms with Crippen molar-refractivity contribution in [1.82, 2.24) is 10.2 Å². The van der Waals surface area contributed by atoms with Gasteiger partial charge in [0.15, 0.2) is 0 Å². The second-order valence-electron chi connectivity index (χ2n) is 6.14. The summed E-state index contributed by atoms with van der Waals surface area (Å²) >= 11 is 0. The van der Waals surface area contributed by atoms with Crippen LogP contribution in [0.4, 0.5) is 5.69 Å². The van der Waals surface area contributed by atoms with Gasteiger partial charge >= 0.3 is 0 Å². The molecule has 0 bridgehead atoms. The van der Waals surface area contributed by atoms with Gasteiger partial charge in [0.2, 0.25) is 5.91 Å². The zero-order valence-corrected chi connectivity index (χ0v) is 14.2. The fourth-order valence-electron chi connectivity index (χ4n) is 2.89. The molecule has 0 radical (unpaired) electrons. The number of nitrogens with one attached hydrogen (secondary N) is 2. The van der Waals surface area contributed by atoms with Crippen molar-refractivity contribution in [3.05, 3.63) is 54.0 Å². The third-order valence-electron chi connectivity index (χ3n) is 4.28. The predicted octanol–water partition coefficient (Wildman–Crippen LogP) is 2.63. The predicted molar refractivity (Wildman–Crippen MR) is 95.2 cm³/mol. The first-order chi connectivity index (χ1) is 12.2. The molecule has 6 nitrogen and oxygen atoms in total. The van der Waals surface area contributed by atoms with Gasteiger partial charge in [-0.2, -0.15) is 0 Å². The topological polar surface area (TPSA) is 74.6 Å². The number of rotatable bonds is 6. The van der Waals surface area contributed by atoms with E-state index in [4.69, 9.17) is 4.42 Å². The van der Waals surface area contributed by atoms with Crippen LogP contribution in [-0.2, 0) is 11.3 Å². The van der Waals surface area contributed by atoms with Crippen molar-refractivity contribution >= 4 is 17.5 Å². The van der Waals surface area contributed by atoms with Gasteiger partial charge in [-0.3, -0.25) is 9.59 Å². The van der Waals surface area contributed by atoms with E-state index in [9.17, 15) is 9.59 Å². The molecule has 1 saturated heterocycles. The Morgan fingerprint density at radius 2 is 1.92 bits per heavy atom. The minimum absolute atomic E-state index is 0.104. The number of piperidine rings is 1. The highest BCUT2D eigenvalue weighted by molar-refractivity contribution is 5.95. The highest BCUT2D eigenvalue weighted by atomic mass is 16.3. The average Bonchev–Trinajstić information content (AvgIpc) is 3.19. The molecule has 0 saturated carbocycles. The number of furan rings is 1. The molecule has 0 spiro atoms. The first-order valence-electron chi connectivity index (χ1n) is 8.65. The molecule has 0 aliphatic carbocycles. The van der Waals surface area contributed by atoms with Crippen LogP contribution in [0.1, 0.15) is 35.4 Å². The van der Waals surface area contributed by atoms with Crippen LogP contribution in [0.3, 0.4) is 0 Å². The Hall–Kier alpha value is -2.76. The van der Waals surface area contributed by atoms with Crippen molar-refractivity contribution in [1.29, 1.82) is 0 Å². The molecule has 1 aliphatic heterocycles. The molecule has 2 amide bonds. The van der Waals surface area contributed by atoms with Crippen LogP contribution in [0.2, 0.25) is 0 Å². The minimum Gasteiger partial charge on any atom is -0.467 e. The van der Waals surface area contributed by atoms with E-state index in [-0.39, 0.29) is 18.4 Å². The third kappa shape index (κ3) is 4.86. The fourth-order valence-corrected chi connectivity index (χ4v) is 2.89. The first-order valence-corrected chi connectivity index (χ1v) is 8.65. The van der Waals surface area contributed by atoms with E-state index in [1.165, 1.54) is 6.42 Å². The number of nitrogens with zero attached hydrogens (tertiary/aromatic N) is 1. The smallest absolute Gasteiger partial charge is 0.251 e. The molecule has 1 aromatic heterocycles. The molecule has 2 heterocycles. The molecule has 2 N–H and O–H groups in total. The number of amides is 2. The number of likely N-dealkylation sites (tertiary alicyclic amines) is 1. The number of benzene rings is 1. The normalized spacial score (nSPS) is 14.2. The van der Waals surface area contributed by atoms with Crippen molar-refractivity contribution < 1.29 is 14.0 Å². The van der Waals surface area contributed by atoms with Gasteiger partial charge in [0.1, 0.15) is 5.76 Å². The van der Waals surface area contributed by atoms with Gasteiger partial charge in [-0.1, -0.05) is 6.07 Å². The Kier molecular flexibility index (Phi) is 5.72. The molecule has 2 aromatic rings. The van der Waals surface area contributed by atoms with Crippen LogP contribution in [0, 0.1) is 0 Å². The van der Waals surface area contributed by atoms with E-state index in [1.807, 2.05) is 17.0 Å². The fraction of sp³-hybridized carbons (Fsp3) is 0.368. The van der Waals surface area contributed by atoms with Crippen molar-refractivity contribution in [2.24, 2.45) is 0 Å². The van der Waals surface area contributed by atoms with Crippen molar-refractivity contribution in [2.45, 2.75) is 25.8 Å².